The van der Waals surface area contributed by atoms with Gasteiger partial charge >= 0.3 is 12.1 Å². The number of pyridine rings is 1. The highest BCUT2D eigenvalue weighted by Gasteiger charge is 2.25. The van der Waals surface area contributed by atoms with Gasteiger partial charge in [0.05, 0.1) is 7.11 Å². The molecule has 0 saturated carbocycles. The second kappa shape index (κ2) is 6.92. The normalized spacial score (nSPS) is 12.4. The zero-order valence-electron chi connectivity index (χ0n) is 12.6. The first-order valence-electron chi connectivity index (χ1n) is 6.47. The lowest BCUT2D eigenvalue weighted by molar-refractivity contribution is -0.143. The maximum Gasteiger partial charge on any atom is 0.408 e. The lowest BCUT2D eigenvalue weighted by Gasteiger charge is -2.22. The van der Waals surface area contributed by atoms with E-state index in [1.54, 1.807) is 32.9 Å². The molecule has 0 spiro atoms. The maximum absolute atomic E-state index is 11.7. The van der Waals surface area contributed by atoms with E-state index in [1.807, 2.05) is 0 Å². The number of amides is 1. The molecule has 7 nitrogen and oxygen atoms in total. The van der Waals surface area contributed by atoms with Crippen LogP contribution in [-0.2, 0) is 20.7 Å². The number of rotatable bonds is 4. The van der Waals surface area contributed by atoms with Gasteiger partial charge in [0.25, 0.3) is 5.56 Å². The van der Waals surface area contributed by atoms with Crippen LogP contribution in [-0.4, -0.2) is 35.8 Å². The Hall–Kier alpha value is -2.31. The highest BCUT2D eigenvalue weighted by molar-refractivity contribution is 5.81. The molecular formula is C14H20N2O5. The van der Waals surface area contributed by atoms with E-state index in [-0.39, 0.29) is 12.0 Å². The van der Waals surface area contributed by atoms with Crippen molar-refractivity contribution in [3.63, 3.8) is 0 Å². The molecule has 1 aromatic heterocycles. The lowest BCUT2D eigenvalue weighted by atomic mass is 10.1. The molecule has 0 fully saturated rings. The van der Waals surface area contributed by atoms with Gasteiger partial charge < -0.3 is 19.8 Å². The van der Waals surface area contributed by atoms with Crippen LogP contribution < -0.4 is 10.9 Å². The summed E-state index contributed by atoms with van der Waals surface area (Å²) in [6.07, 6.45) is 0.757. The molecule has 116 valence electrons. The number of esters is 1. The van der Waals surface area contributed by atoms with Crippen LogP contribution in [0, 0.1) is 0 Å². The van der Waals surface area contributed by atoms with Crippen molar-refractivity contribution in [2.75, 3.05) is 7.11 Å². The number of H-pyrrole nitrogens is 1. The van der Waals surface area contributed by atoms with Crippen LogP contribution in [0.1, 0.15) is 26.3 Å². The molecule has 0 aliphatic carbocycles. The molecule has 21 heavy (non-hydrogen) atoms. The number of carbonyl (C=O) groups excluding carboxylic acids is 2. The number of hydrogen-bond acceptors (Lipinski definition) is 5. The van der Waals surface area contributed by atoms with Gasteiger partial charge in [0.15, 0.2) is 0 Å². The molecule has 1 rings (SSSR count). The van der Waals surface area contributed by atoms with Crippen molar-refractivity contribution < 1.29 is 19.1 Å². The minimum atomic E-state index is -0.992. The standard InChI is InChI=1S/C14H20N2O5/c1-14(2,3)21-13(19)16-10(12(18)20-4)8-9-6-5-7-15-11(9)17/h5-7,10H,8H2,1-4H3,(H,15,17)(H,16,19)/t10-/m1/s1. The average molecular weight is 296 g/mol. The molecule has 0 unspecified atom stereocenters. The fourth-order valence-corrected chi connectivity index (χ4v) is 1.62. The summed E-state index contributed by atoms with van der Waals surface area (Å²) in [7, 11) is 1.21. The number of methoxy groups -OCH3 is 1. The number of aromatic amines is 1. The number of carbonyl (C=O) groups is 2. The number of ether oxygens (including phenoxy) is 2. The Morgan fingerprint density at radius 3 is 2.57 bits per heavy atom. The fourth-order valence-electron chi connectivity index (χ4n) is 1.62. The smallest absolute Gasteiger partial charge is 0.408 e. The van der Waals surface area contributed by atoms with Gasteiger partial charge in [-0.05, 0) is 26.8 Å². The minimum Gasteiger partial charge on any atom is -0.467 e. The van der Waals surface area contributed by atoms with Crippen molar-refractivity contribution in [1.82, 2.24) is 10.3 Å². The van der Waals surface area contributed by atoms with Crippen molar-refractivity contribution in [2.45, 2.75) is 38.8 Å². The Kier molecular flexibility index (Phi) is 5.52. The van der Waals surface area contributed by atoms with Gasteiger partial charge in [-0.1, -0.05) is 6.07 Å². The van der Waals surface area contributed by atoms with Gasteiger partial charge in [0.1, 0.15) is 11.6 Å². The number of nitrogens with one attached hydrogen (secondary N) is 2. The van der Waals surface area contributed by atoms with Crippen molar-refractivity contribution >= 4 is 12.1 Å². The van der Waals surface area contributed by atoms with E-state index in [0.717, 1.165) is 0 Å². The molecule has 1 atom stereocenters. The molecule has 0 aliphatic rings. The number of aromatic nitrogens is 1. The van der Waals surface area contributed by atoms with Gasteiger partial charge in [0.2, 0.25) is 0 Å². The molecule has 1 amide bonds. The van der Waals surface area contributed by atoms with Crippen LogP contribution in [0.25, 0.3) is 0 Å². The summed E-state index contributed by atoms with van der Waals surface area (Å²) in [5.74, 6) is -0.649. The van der Waals surface area contributed by atoms with E-state index in [2.05, 4.69) is 15.0 Å². The first-order chi connectivity index (χ1) is 9.73. The first kappa shape index (κ1) is 16.7. The zero-order valence-corrected chi connectivity index (χ0v) is 12.6. The summed E-state index contributed by atoms with van der Waals surface area (Å²) in [4.78, 5) is 37.6. The van der Waals surface area contributed by atoms with Crippen LogP contribution in [0.3, 0.4) is 0 Å². The Morgan fingerprint density at radius 1 is 1.38 bits per heavy atom. The molecule has 1 heterocycles. The third-order valence-electron chi connectivity index (χ3n) is 2.50. The van der Waals surface area contributed by atoms with Crippen LogP contribution in [0.4, 0.5) is 4.79 Å². The predicted octanol–water partition coefficient (Wildman–Crippen LogP) is 0.984. The third-order valence-corrected chi connectivity index (χ3v) is 2.50. The second-order valence-corrected chi connectivity index (χ2v) is 5.45. The van der Waals surface area contributed by atoms with Crippen LogP contribution in [0.15, 0.2) is 23.1 Å². The summed E-state index contributed by atoms with van der Waals surface area (Å²) in [5, 5.41) is 2.41. The van der Waals surface area contributed by atoms with E-state index in [0.29, 0.717) is 5.56 Å². The Balaban J connectivity index is 2.83. The molecule has 0 saturated heterocycles. The number of hydrogen-bond donors (Lipinski definition) is 2. The Bertz CT molecular complexity index is 559. The highest BCUT2D eigenvalue weighted by atomic mass is 16.6. The topological polar surface area (TPSA) is 97.5 Å². The summed E-state index contributed by atoms with van der Waals surface area (Å²) >= 11 is 0. The quantitative estimate of drug-likeness (QED) is 0.807. The Labute approximate surface area is 122 Å². The van der Waals surface area contributed by atoms with Crippen molar-refractivity contribution in [1.29, 1.82) is 0 Å². The van der Waals surface area contributed by atoms with E-state index in [9.17, 15) is 14.4 Å². The average Bonchev–Trinajstić information content (AvgIpc) is 2.37. The molecule has 2 N–H and O–H groups in total. The summed E-state index contributed by atoms with van der Waals surface area (Å²) in [6, 6.07) is 2.22. The van der Waals surface area contributed by atoms with Crippen molar-refractivity contribution in [3.8, 4) is 0 Å². The molecule has 7 heteroatoms. The molecule has 1 aromatic rings. The Morgan fingerprint density at radius 2 is 2.05 bits per heavy atom. The van der Waals surface area contributed by atoms with Crippen LogP contribution >= 0.6 is 0 Å². The molecule has 0 aromatic carbocycles. The largest absolute Gasteiger partial charge is 0.467 e. The first-order valence-corrected chi connectivity index (χ1v) is 6.47. The van der Waals surface area contributed by atoms with Gasteiger partial charge in [0, 0.05) is 18.2 Å². The van der Waals surface area contributed by atoms with Gasteiger partial charge in [-0.2, -0.15) is 0 Å². The number of alkyl carbamates (subject to hydrolysis) is 1. The summed E-state index contributed by atoms with van der Waals surface area (Å²) in [6.45, 7) is 5.13. The van der Waals surface area contributed by atoms with E-state index in [4.69, 9.17) is 4.74 Å². The van der Waals surface area contributed by atoms with E-state index in [1.165, 1.54) is 13.3 Å². The van der Waals surface area contributed by atoms with Crippen LogP contribution in [0.5, 0.6) is 0 Å². The summed E-state index contributed by atoms with van der Waals surface area (Å²) < 4.78 is 9.72. The van der Waals surface area contributed by atoms with Gasteiger partial charge in [-0.3, -0.25) is 4.79 Å². The van der Waals surface area contributed by atoms with Gasteiger partial charge in [-0.25, -0.2) is 9.59 Å². The predicted molar refractivity (Wildman–Crippen MR) is 75.9 cm³/mol. The molecule has 0 aliphatic heterocycles. The minimum absolute atomic E-state index is 0.0160. The summed E-state index contributed by atoms with van der Waals surface area (Å²) in [5.41, 5.74) is -0.643. The van der Waals surface area contributed by atoms with E-state index >= 15 is 0 Å². The second-order valence-electron chi connectivity index (χ2n) is 5.45. The van der Waals surface area contributed by atoms with Crippen LogP contribution in [0.2, 0.25) is 0 Å². The zero-order chi connectivity index (χ0) is 16.0. The lowest BCUT2D eigenvalue weighted by Crippen LogP contribution is -2.45. The monoisotopic (exact) mass is 296 g/mol. The molecule has 0 bridgehead atoms. The van der Waals surface area contributed by atoms with E-state index < -0.39 is 23.7 Å². The highest BCUT2D eigenvalue weighted by Crippen LogP contribution is 2.08. The van der Waals surface area contributed by atoms with Gasteiger partial charge in [-0.15, -0.1) is 0 Å². The molecule has 0 radical (unpaired) electrons. The van der Waals surface area contributed by atoms with Crippen molar-refractivity contribution in [2.24, 2.45) is 0 Å². The van der Waals surface area contributed by atoms with Crippen molar-refractivity contribution in [3.05, 3.63) is 34.2 Å². The fraction of sp³-hybridized carbons (Fsp3) is 0.500. The maximum atomic E-state index is 11.7. The SMILES string of the molecule is COC(=O)[C@@H](Cc1ccc[nH]c1=O)NC(=O)OC(C)(C)C. The molecular weight excluding hydrogens is 276 g/mol. The third kappa shape index (κ3) is 5.68.